The number of ether oxygens (including phenoxy) is 4. The molecule has 0 unspecified atom stereocenters. The van der Waals surface area contributed by atoms with Gasteiger partial charge < -0.3 is 24.1 Å². The zero-order chi connectivity index (χ0) is 19.0. The summed E-state index contributed by atoms with van der Waals surface area (Å²) in [6, 6.07) is 5.92. The van der Waals surface area contributed by atoms with Crippen LogP contribution >= 0.6 is 23.2 Å². The maximum absolute atomic E-state index is 10.5. The van der Waals surface area contributed by atoms with Crippen molar-refractivity contribution in [2.45, 2.75) is 0 Å². The molecule has 2 rings (SSSR count). The summed E-state index contributed by atoms with van der Waals surface area (Å²) in [6.07, 6.45) is 0.702. The molecule has 8 heteroatoms. The van der Waals surface area contributed by atoms with E-state index in [9.17, 15) is 4.79 Å². The van der Waals surface area contributed by atoms with E-state index in [1.807, 2.05) is 0 Å². The largest absolute Gasteiger partial charge is 0.508 e. The molecule has 0 aromatic heterocycles. The summed E-state index contributed by atoms with van der Waals surface area (Å²) in [7, 11) is 5.95. The molecule has 2 aromatic carbocycles. The molecule has 0 fully saturated rings. The Morgan fingerprint density at radius 2 is 1.28 bits per heavy atom. The van der Waals surface area contributed by atoms with Crippen molar-refractivity contribution in [2.24, 2.45) is 0 Å². The first-order valence-corrected chi connectivity index (χ1v) is 7.64. The fourth-order valence-corrected chi connectivity index (χ4v) is 2.49. The Balaban J connectivity index is 0.000000251. The Morgan fingerprint density at radius 1 is 0.800 bits per heavy atom. The van der Waals surface area contributed by atoms with Crippen LogP contribution in [0.2, 0.25) is 10.0 Å². The van der Waals surface area contributed by atoms with E-state index < -0.39 is 0 Å². The highest BCUT2D eigenvalue weighted by Gasteiger charge is 2.10. The number of carbonyl (C=O) groups excluding carboxylic acids is 1. The third-order valence-electron chi connectivity index (χ3n) is 3.01. The molecule has 0 radical (unpaired) electrons. The van der Waals surface area contributed by atoms with E-state index in [1.54, 1.807) is 6.07 Å². The van der Waals surface area contributed by atoms with Crippen LogP contribution in [0.25, 0.3) is 0 Å². The van der Waals surface area contributed by atoms with Crippen molar-refractivity contribution in [3.05, 3.63) is 39.9 Å². The predicted octanol–water partition coefficient (Wildman–Crippen LogP) is 4.23. The first-order chi connectivity index (χ1) is 11.9. The number of aromatic hydroxyl groups is 1. The van der Waals surface area contributed by atoms with E-state index in [1.165, 1.54) is 46.6 Å². The van der Waals surface area contributed by atoms with Crippen LogP contribution in [-0.2, 0) is 0 Å². The summed E-state index contributed by atoms with van der Waals surface area (Å²) in [5.74, 6) is 1.80. The summed E-state index contributed by atoms with van der Waals surface area (Å²) in [4.78, 5) is 10.5. The molecule has 0 bridgehead atoms. The van der Waals surface area contributed by atoms with Crippen molar-refractivity contribution >= 4 is 29.5 Å². The van der Waals surface area contributed by atoms with Gasteiger partial charge in [0.05, 0.1) is 38.5 Å². The van der Waals surface area contributed by atoms with Crippen LogP contribution in [-0.4, -0.2) is 39.8 Å². The molecule has 0 spiro atoms. The Bertz CT molecular complexity index is 734. The second-order valence-electron chi connectivity index (χ2n) is 4.52. The van der Waals surface area contributed by atoms with Gasteiger partial charge >= 0.3 is 0 Å². The molecular formula is C17H18Cl2O6. The molecule has 0 heterocycles. The van der Waals surface area contributed by atoms with E-state index in [-0.39, 0.29) is 5.75 Å². The number of methoxy groups -OCH3 is 4. The third-order valence-corrected chi connectivity index (χ3v) is 3.57. The SMILES string of the molecule is COc1cc(C=O)cc(Cl)c1OC.COc1cc(O)cc(Cl)c1OC. The van der Waals surface area contributed by atoms with Crippen LogP contribution in [0, 0.1) is 0 Å². The standard InChI is InChI=1S/C9H9ClO3.C8H9ClO3/c1-12-8-4-6(5-11)3-7(10)9(8)13-2;1-11-7-4-5(10)3-6(9)8(7)12-2/h3-5H,1-2H3;3-4,10H,1-2H3. The Labute approximate surface area is 155 Å². The number of halogens is 2. The van der Waals surface area contributed by atoms with Crippen molar-refractivity contribution in [1.29, 1.82) is 0 Å². The van der Waals surface area contributed by atoms with Crippen LogP contribution < -0.4 is 18.9 Å². The van der Waals surface area contributed by atoms with Crippen molar-refractivity contribution in [3.63, 3.8) is 0 Å². The quantitative estimate of drug-likeness (QED) is 0.772. The summed E-state index contributed by atoms with van der Waals surface area (Å²) >= 11 is 11.6. The molecule has 0 saturated carbocycles. The highest BCUT2D eigenvalue weighted by atomic mass is 35.5. The summed E-state index contributed by atoms with van der Waals surface area (Å²) in [5, 5.41) is 9.82. The Kier molecular flexibility index (Phi) is 8.18. The summed E-state index contributed by atoms with van der Waals surface area (Å²) < 4.78 is 19.9. The average Bonchev–Trinajstić information content (AvgIpc) is 2.60. The van der Waals surface area contributed by atoms with Gasteiger partial charge in [-0.15, -0.1) is 0 Å². The molecule has 0 atom stereocenters. The predicted molar refractivity (Wildman–Crippen MR) is 96.2 cm³/mol. The van der Waals surface area contributed by atoms with Gasteiger partial charge in [-0.2, -0.15) is 0 Å². The maximum Gasteiger partial charge on any atom is 0.179 e. The fourth-order valence-electron chi connectivity index (χ4n) is 1.91. The first-order valence-electron chi connectivity index (χ1n) is 6.88. The number of aldehydes is 1. The van der Waals surface area contributed by atoms with E-state index >= 15 is 0 Å². The van der Waals surface area contributed by atoms with Crippen molar-refractivity contribution in [1.82, 2.24) is 0 Å². The van der Waals surface area contributed by atoms with Crippen LogP contribution in [0.5, 0.6) is 28.7 Å². The van der Waals surface area contributed by atoms with Gasteiger partial charge in [0, 0.05) is 17.7 Å². The topological polar surface area (TPSA) is 74.2 Å². The maximum atomic E-state index is 10.5. The molecular weight excluding hydrogens is 371 g/mol. The molecule has 0 saturated heterocycles. The van der Waals surface area contributed by atoms with Crippen LogP contribution in [0.1, 0.15) is 10.4 Å². The minimum atomic E-state index is 0.0534. The monoisotopic (exact) mass is 388 g/mol. The van der Waals surface area contributed by atoms with Crippen LogP contribution in [0.4, 0.5) is 0 Å². The van der Waals surface area contributed by atoms with Gasteiger partial charge in [-0.1, -0.05) is 23.2 Å². The second kappa shape index (κ2) is 9.86. The first kappa shape index (κ1) is 20.7. The normalized spacial score (nSPS) is 9.52. The Hall–Kier alpha value is -2.31. The lowest BCUT2D eigenvalue weighted by Gasteiger charge is -2.09. The number of hydrogen-bond donors (Lipinski definition) is 1. The number of phenols is 1. The van der Waals surface area contributed by atoms with Crippen LogP contribution in [0.3, 0.4) is 0 Å². The van der Waals surface area contributed by atoms with Gasteiger partial charge in [0.1, 0.15) is 12.0 Å². The molecule has 25 heavy (non-hydrogen) atoms. The molecule has 0 aliphatic heterocycles. The van der Waals surface area contributed by atoms with Gasteiger partial charge in [-0.25, -0.2) is 0 Å². The van der Waals surface area contributed by atoms with Gasteiger partial charge in [-0.05, 0) is 12.1 Å². The van der Waals surface area contributed by atoms with Gasteiger partial charge in [0.2, 0.25) is 0 Å². The number of rotatable bonds is 5. The zero-order valence-electron chi connectivity index (χ0n) is 14.1. The fraction of sp³-hybridized carbons (Fsp3) is 0.235. The van der Waals surface area contributed by atoms with E-state index in [0.29, 0.717) is 44.9 Å². The number of carbonyl (C=O) groups is 1. The highest BCUT2D eigenvalue weighted by Crippen LogP contribution is 2.38. The van der Waals surface area contributed by atoms with E-state index in [2.05, 4.69) is 0 Å². The molecule has 0 aliphatic rings. The Morgan fingerprint density at radius 3 is 1.72 bits per heavy atom. The van der Waals surface area contributed by atoms with Crippen molar-refractivity contribution in [3.8, 4) is 28.7 Å². The smallest absolute Gasteiger partial charge is 0.179 e. The lowest BCUT2D eigenvalue weighted by molar-refractivity contribution is 0.112. The number of phenolic OH excluding ortho intramolecular Hbond substituents is 1. The highest BCUT2D eigenvalue weighted by molar-refractivity contribution is 6.32. The minimum Gasteiger partial charge on any atom is -0.508 e. The molecule has 1 N–H and O–H groups in total. The lowest BCUT2D eigenvalue weighted by atomic mass is 10.2. The zero-order valence-corrected chi connectivity index (χ0v) is 15.6. The van der Waals surface area contributed by atoms with E-state index in [0.717, 1.165) is 0 Å². The molecule has 0 aliphatic carbocycles. The van der Waals surface area contributed by atoms with Crippen molar-refractivity contribution < 1.29 is 28.8 Å². The van der Waals surface area contributed by atoms with Crippen molar-refractivity contribution in [2.75, 3.05) is 28.4 Å². The van der Waals surface area contributed by atoms with Gasteiger partial charge in [0.25, 0.3) is 0 Å². The van der Waals surface area contributed by atoms with Gasteiger partial charge in [0.15, 0.2) is 23.0 Å². The molecule has 6 nitrogen and oxygen atoms in total. The van der Waals surface area contributed by atoms with Gasteiger partial charge in [-0.3, -0.25) is 4.79 Å². The second-order valence-corrected chi connectivity index (χ2v) is 5.33. The number of benzene rings is 2. The third kappa shape index (κ3) is 5.34. The number of hydrogen-bond acceptors (Lipinski definition) is 6. The lowest BCUT2D eigenvalue weighted by Crippen LogP contribution is -1.93. The van der Waals surface area contributed by atoms with E-state index in [4.69, 9.17) is 47.3 Å². The summed E-state index contributed by atoms with van der Waals surface area (Å²) in [6.45, 7) is 0. The summed E-state index contributed by atoms with van der Waals surface area (Å²) in [5.41, 5.74) is 0.461. The average molecular weight is 389 g/mol. The molecule has 136 valence electrons. The minimum absolute atomic E-state index is 0.0534. The molecule has 0 amide bonds. The molecule has 2 aromatic rings. The van der Waals surface area contributed by atoms with Crippen LogP contribution in [0.15, 0.2) is 24.3 Å².